The molecule has 0 saturated heterocycles. The molecule has 3 rings (SSSR count). The van der Waals surface area contributed by atoms with Gasteiger partial charge in [-0.1, -0.05) is 24.3 Å². The summed E-state index contributed by atoms with van der Waals surface area (Å²) in [6.45, 7) is 6.53. The van der Waals surface area contributed by atoms with Crippen LogP contribution >= 0.6 is 0 Å². The number of aromatic amines is 2. The van der Waals surface area contributed by atoms with Crippen molar-refractivity contribution >= 4 is 18.0 Å². The van der Waals surface area contributed by atoms with Gasteiger partial charge in [0.15, 0.2) is 0 Å². The molecule has 3 aromatic rings. The van der Waals surface area contributed by atoms with E-state index >= 15 is 0 Å². The predicted octanol–water partition coefficient (Wildman–Crippen LogP) is 4.13. The SMILES string of the molecule is COC(=O)CC(C)=O.Cc1ccc(C=O)cc1F.Cc1ccc(Cc2c(C)[nH][nH]c2=O)cc1F. The van der Waals surface area contributed by atoms with Gasteiger partial charge in [0.25, 0.3) is 5.56 Å². The van der Waals surface area contributed by atoms with Gasteiger partial charge < -0.3 is 9.84 Å². The fourth-order valence-corrected chi connectivity index (χ4v) is 2.59. The molecule has 1 aromatic heterocycles. The largest absolute Gasteiger partial charge is 0.469 e. The molecule has 0 unspecified atom stereocenters. The van der Waals surface area contributed by atoms with Crippen molar-refractivity contribution in [3.8, 4) is 0 Å². The average molecular weight is 475 g/mol. The van der Waals surface area contributed by atoms with Gasteiger partial charge in [-0.2, -0.15) is 0 Å². The molecule has 0 aliphatic carbocycles. The number of aromatic nitrogens is 2. The highest BCUT2D eigenvalue weighted by Gasteiger charge is 2.08. The quantitative estimate of drug-likeness (QED) is 0.328. The fourth-order valence-electron chi connectivity index (χ4n) is 2.59. The summed E-state index contributed by atoms with van der Waals surface area (Å²) in [4.78, 5) is 41.8. The molecule has 0 spiro atoms. The molecular weight excluding hydrogens is 446 g/mol. The number of rotatable bonds is 5. The highest BCUT2D eigenvalue weighted by Crippen LogP contribution is 2.13. The Balaban J connectivity index is 0.000000277. The Kier molecular flexibility index (Phi) is 11.3. The van der Waals surface area contributed by atoms with Crippen molar-refractivity contribution in [2.75, 3.05) is 7.11 Å². The number of hydrogen-bond donors (Lipinski definition) is 2. The monoisotopic (exact) mass is 474 g/mol. The van der Waals surface area contributed by atoms with Gasteiger partial charge in [0.05, 0.1) is 7.11 Å². The van der Waals surface area contributed by atoms with Gasteiger partial charge in [0.2, 0.25) is 0 Å². The van der Waals surface area contributed by atoms with Crippen molar-refractivity contribution < 1.29 is 27.9 Å². The van der Waals surface area contributed by atoms with Crippen molar-refractivity contribution in [1.29, 1.82) is 0 Å². The third kappa shape index (κ3) is 9.32. The van der Waals surface area contributed by atoms with Crippen LogP contribution in [0.5, 0.6) is 0 Å². The standard InChI is InChI=1S/C12H13FN2O.C8H7FO.C5H8O3/c1-7-3-4-9(6-11(7)13)5-10-8(2)14-15-12(10)16;1-6-2-3-7(5-10)4-8(6)9;1-4(6)3-5(7)8-2/h3-4,6H,5H2,1-2H3,(H2,14,15,16);2-5H,1H3;3H2,1-2H3. The predicted molar refractivity (Wildman–Crippen MR) is 124 cm³/mol. The van der Waals surface area contributed by atoms with Gasteiger partial charge in [-0.25, -0.2) is 8.78 Å². The smallest absolute Gasteiger partial charge is 0.313 e. The van der Waals surface area contributed by atoms with Crippen LogP contribution in [0.15, 0.2) is 41.2 Å². The Hall–Kier alpha value is -3.88. The number of nitrogens with one attached hydrogen (secondary N) is 2. The molecular formula is C25H28F2N2O5. The number of esters is 1. The Morgan fingerprint density at radius 1 is 0.971 bits per heavy atom. The van der Waals surface area contributed by atoms with Gasteiger partial charge in [-0.15, -0.1) is 0 Å². The second-order valence-electron chi connectivity index (χ2n) is 7.52. The third-order valence-corrected chi connectivity index (χ3v) is 4.66. The molecule has 0 bridgehead atoms. The summed E-state index contributed by atoms with van der Waals surface area (Å²) >= 11 is 0. The van der Waals surface area contributed by atoms with Gasteiger partial charge >= 0.3 is 5.97 Å². The van der Waals surface area contributed by atoms with E-state index in [0.29, 0.717) is 35.0 Å². The molecule has 1 heterocycles. The molecule has 9 heteroatoms. The number of aryl methyl sites for hydroxylation is 3. The van der Waals surface area contributed by atoms with Crippen LogP contribution in [-0.2, 0) is 20.7 Å². The van der Waals surface area contributed by atoms with Crippen LogP contribution in [0, 0.1) is 32.4 Å². The first kappa shape index (κ1) is 28.2. The van der Waals surface area contributed by atoms with E-state index in [4.69, 9.17) is 0 Å². The zero-order valence-electron chi connectivity index (χ0n) is 19.8. The van der Waals surface area contributed by atoms with Crippen LogP contribution in [0.25, 0.3) is 0 Å². The molecule has 34 heavy (non-hydrogen) atoms. The number of hydrogen-bond acceptors (Lipinski definition) is 5. The number of benzene rings is 2. The second kappa shape index (κ2) is 13.6. The molecule has 0 radical (unpaired) electrons. The van der Waals surface area contributed by atoms with Gasteiger partial charge in [0, 0.05) is 23.2 Å². The van der Waals surface area contributed by atoms with Gasteiger partial charge in [-0.05, 0) is 56.5 Å². The van der Waals surface area contributed by atoms with E-state index in [9.17, 15) is 28.0 Å². The zero-order chi connectivity index (χ0) is 25.8. The van der Waals surface area contributed by atoms with E-state index in [0.717, 1.165) is 11.3 Å². The first-order valence-electron chi connectivity index (χ1n) is 10.3. The minimum atomic E-state index is -0.475. The van der Waals surface area contributed by atoms with Crippen molar-refractivity contribution in [2.45, 2.75) is 40.5 Å². The third-order valence-electron chi connectivity index (χ3n) is 4.66. The molecule has 0 aliphatic rings. The Morgan fingerprint density at radius 2 is 1.56 bits per heavy atom. The molecule has 7 nitrogen and oxygen atoms in total. The van der Waals surface area contributed by atoms with Crippen LogP contribution in [0.1, 0.15) is 51.7 Å². The zero-order valence-corrected chi connectivity index (χ0v) is 19.8. The lowest BCUT2D eigenvalue weighted by Crippen LogP contribution is -2.07. The summed E-state index contributed by atoms with van der Waals surface area (Å²) in [6.07, 6.45) is 0.959. The lowest BCUT2D eigenvalue weighted by molar-refractivity contribution is -0.142. The van der Waals surface area contributed by atoms with Crippen molar-refractivity contribution in [1.82, 2.24) is 10.2 Å². The molecule has 0 saturated carbocycles. The van der Waals surface area contributed by atoms with Crippen LogP contribution in [0.4, 0.5) is 8.78 Å². The minimum Gasteiger partial charge on any atom is -0.469 e. The minimum absolute atomic E-state index is 0.115. The summed E-state index contributed by atoms with van der Waals surface area (Å²) in [6, 6.07) is 9.43. The number of Topliss-reactive ketones (excluding diaryl/α,β-unsaturated/α-hetero) is 1. The number of H-pyrrole nitrogens is 2. The van der Waals surface area contributed by atoms with E-state index in [1.807, 2.05) is 13.0 Å². The Labute approximate surface area is 196 Å². The maximum atomic E-state index is 13.3. The van der Waals surface area contributed by atoms with Crippen LogP contribution < -0.4 is 5.56 Å². The van der Waals surface area contributed by atoms with Crippen molar-refractivity contribution in [3.63, 3.8) is 0 Å². The lowest BCUT2D eigenvalue weighted by Gasteiger charge is -2.02. The molecule has 0 atom stereocenters. The number of halogens is 2. The average Bonchev–Trinajstić information content (AvgIpc) is 3.10. The summed E-state index contributed by atoms with van der Waals surface area (Å²) in [7, 11) is 1.26. The molecule has 0 amide bonds. The van der Waals surface area contributed by atoms with E-state index in [2.05, 4.69) is 14.9 Å². The van der Waals surface area contributed by atoms with Crippen LogP contribution in [0.3, 0.4) is 0 Å². The highest BCUT2D eigenvalue weighted by atomic mass is 19.1. The molecule has 182 valence electrons. The first-order chi connectivity index (χ1) is 16.0. The van der Waals surface area contributed by atoms with E-state index in [-0.39, 0.29) is 29.4 Å². The number of carbonyl (C=O) groups excluding carboxylic acids is 3. The normalized spacial score (nSPS) is 9.74. The maximum absolute atomic E-state index is 13.3. The summed E-state index contributed by atoms with van der Waals surface area (Å²) in [5.41, 5.74) is 3.67. The summed E-state index contributed by atoms with van der Waals surface area (Å²) < 4.78 is 30.1. The topological polar surface area (TPSA) is 109 Å². The molecule has 0 aliphatic heterocycles. The molecule has 2 N–H and O–H groups in total. The number of ether oxygens (including phenoxy) is 1. The summed E-state index contributed by atoms with van der Waals surface area (Å²) in [5, 5.41) is 5.26. The van der Waals surface area contributed by atoms with Crippen LogP contribution in [0.2, 0.25) is 0 Å². The molecule has 0 fully saturated rings. The summed E-state index contributed by atoms with van der Waals surface area (Å²) in [5.74, 6) is -1.21. The van der Waals surface area contributed by atoms with Crippen molar-refractivity contribution in [2.24, 2.45) is 0 Å². The first-order valence-corrected chi connectivity index (χ1v) is 10.3. The van der Waals surface area contributed by atoms with Gasteiger partial charge in [0.1, 0.15) is 30.1 Å². The number of carbonyl (C=O) groups is 3. The molecule has 2 aromatic carbocycles. The van der Waals surface area contributed by atoms with E-state index < -0.39 is 5.97 Å². The van der Waals surface area contributed by atoms with E-state index in [1.165, 1.54) is 26.2 Å². The highest BCUT2D eigenvalue weighted by molar-refractivity contribution is 5.93. The van der Waals surface area contributed by atoms with E-state index in [1.54, 1.807) is 32.0 Å². The van der Waals surface area contributed by atoms with Crippen LogP contribution in [-0.4, -0.2) is 35.3 Å². The number of methoxy groups -OCH3 is 1. The lowest BCUT2D eigenvalue weighted by atomic mass is 10.0. The fraction of sp³-hybridized carbons (Fsp3) is 0.280. The number of aldehydes is 1. The second-order valence-corrected chi connectivity index (χ2v) is 7.52. The Bertz CT molecular complexity index is 1200. The number of ketones is 1. The van der Waals surface area contributed by atoms with Gasteiger partial charge in [-0.3, -0.25) is 24.3 Å². The van der Waals surface area contributed by atoms with Crippen molar-refractivity contribution in [3.05, 3.63) is 91.9 Å². The Morgan fingerprint density at radius 3 is 1.97 bits per heavy atom. The maximum Gasteiger partial charge on any atom is 0.313 e.